The smallest absolute Gasteiger partial charge is 0.222 e. The van der Waals surface area contributed by atoms with Crippen molar-refractivity contribution >= 4 is 55.4 Å². The second kappa shape index (κ2) is 20.1. The minimum Gasteiger partial charge on any atom is -0.368 e. The molecule has 0 saturated carbocycles. The van der Waals surface area contributed by atoms with Crippen molar-refractivity contribution in [3.8, 4) is 22.3 Å². The van der Waals surface area contributed by atoms with E-state index in [2.05, 4.69) is 160 Å². The largest absolute Gasteiger partial charge is 0.368 e. The highest BCUT2D eigenvalue weighted by Crippen LogP contribution is 2.33. The molecule has 1 unspecified atom stereocenters. The minimum atomic E-state index is 0.170. The summed E-state index contributed by atoms with van der Waals surface area (Å²) in [5.41, 5.74) is 22.0. The van der Waals surface area contributed by atoms with Crippen LogP contribution in [0, 0.1) is 13.8 Å². The highest BCUT2D eigenvalue weighted by Gasteiger charge is 2.25. The molecule has 6 heterocycles. The molecular weight excluding hydrogens is 884 g/mol. The third-order valence-electron chi connectivity index (χ3n) is 10.9. The molecule has 0 radical (unpaired) electrons. The maximum absolute atomic E-state index is 5.99. The molecule has 0 aliphatic carbocycles. The average molecular weight is 943 g/mol. The summed E-state index contributed by atoms with van der Waals surface area (Å²) >= 11 is 7.18. The van der Waals surface area contributed by atoms with Crippen LogP contribution in [-0.2, 0) is 14.1 Å². The van der Waals surface area contributed by atoms with Crippen LogP contribution < -0.4 is 31.9 Å². The summed E-state index contributed by atoms with van der Waals surface area (Å²) in [5, 5.41) is 15.6. The Kier molecular flexibility index (Phi) is 15.0. The van der Waals surface area contributed by atoms with Crippen molar-refractivity contribution in [2.24, 2.45) is 14.1 Å². The molecule has 1 atom stereocenters. The van der Waals surface area contributed by atoms with E-state index < -0.39 is 0 Å². The summed E-state index contributed by atoms with van der Waals surface area (Å²) in [6.45, 7) is 19.2. The van der Waals surface area contributed by atoms with Crippen LogP contribution in [-0.4, -0.2) is 85.3 Å². The summed E-state index contributed by atoms with van der Waals surface area (Å²) in [5.74, 6) is 3.25. The number of piperazine rings is 2. The predicted molar refractivity (Wildman–Crippen MR) is 251 cm³/mol. The highest BCUT2D eigenvalue weighted by atomic mass is 79.9. The lowest BCUT2D eigenvalue weighted by Crippen LogP contribution is -2.46. The summed E-state index contributed by atoms with van der Waals surface area (Å²) in [7, 11) is 3.93. The highest BCUT2D eigenvalue weighted by molar-refractivity contribution is 9.10. The Labute approximate surface area is 370 Å². The number of hydrogen-bond acceptors (Lipinski definition) is 12. The number of anilines is 4. The Morgan fingerprint density at radius 3 is 1.67 bits per heavy atom. The summed E-state index contributed by atoms with van der Waals surface area (Å²) < 4.78 is 5.99. The van der Waals surface area contributed by atoms with Crippen molar-refractivity contribution in [2.75, 3.05) is 67.1 Å². The Hall–Kier alpha value is -4.90. The maximum Gasteiger partial charge on any atom is 0.222 e. The van der Waals surface area contributed by atoms with E-state index in [0.717, 1.165) is 89.0 Å². The van der Waals surface area contributed by atoms with Gasteiger partial charge >= 0.3 is 0 Å². The van der Waals surface area contributed by atoms with Gasteiger partial charge in [0.05, 0.1) is 29.8 Å². The third-order valence-corrected chi connectivity index (χ3v) is 12.2. The first-order valence-electron chi connectivity index (χ1n) is 20.4. The van der Waals surface area contributed by atoms with Gasteiger partial charge in [0.1, 0.15) is 11.6 Å². The number of nitrogens with one attached hydrogen (secondary N) is 2. The molecule has 318 valence electrons. The molecule has 2 aromatic carbocycles. The van der Waals surface area contributed by atoms with Gasteiger partial charge in [0.15, 0.2) is 0 Å². The zero-order valence-electron chi connectivity index (χ0n) is 35.9. The van der Waals surface area contributed by atoms with Gasteiger partial charge in [-0.05, 0) is 66.6 Å². The number of nitrogen functional groups attached to an aromatic ring is 2. The lowest BCUT2D eigenvalue weighted by molar-refractivity contribution is 0.468. The molecule has 4 aromatic heterocycles. The lowest BCUT2D eigenvalue weighted by atomic mass is 9.98. The molecule has 2 aliphatic heterocycles. The second-order valence-corrected chi connectivity index (χ2v) is 17.6. The normalized spacial score (nSPS) is 15.4. The van der Waals surface area contributed by atoms with Gasteiger partial charge in [0.25, 0.3) is 0 Å². The topological polar surface area (TPSA) is 170 Å². The van der Waals surface area contributed by atoms with Crippen LogP contribution in [0.2, 0.25) is 0 Å². The molecule has 16 heteroatoms. The van der Waals surface area contributed by atoms with Crippen LogP contribution in [0.1, 0.15) is 73.9 Å². The van der Waals surface area contributed by atoms with E-state index in [9.17, 15) is 0 Å². The number of hydrogen-bond donors (Lipinski definition) is 4. The van der Waals surface area contributed by atoms with Gasteiger partial charge in [-0.15, -0.1) is 0 Å². The van der Waals surface area contributed by atoms with Gasteiger partial charge in [-0.1, -0.05) is 77.8 Å². The van der Waals surface area contributed by atoms with Crippen LogP contribution >= 0.6 is 31.9 Å². The molecular formula is C44H58Br2N14. The molecule has 6 N–H and O–H groups in total. The molecule has 2 fully saturated rings. The Morgan fingerprint density at radius 1 is 0.650 bits per heavy atom. The first-order valence-corrected chi connectivity index (χ1v) is 22.0. The van der Waals surface area contributed by atoms with E-state index in [1.807, 2.05) is 54.1 Å². The molecule has 14 nitrogen and oxygen atoms in total. The van der Waals surface area contributed by atoms with Crippen molar-refractivity contribution in [1.82, 2.24) is 50.1 Å². The predicted octanol–water partition coefficient (Wildman–Crippen LogP) is 7.55. The van der Waals surface area contributed by atoms with Gasteiger partial charge in [-0.25, -0.2) is 9.97 Å². The fourth-order valence-corrected chi connectivity index (χ4v) is 7.88. The number of rotatable bonds is 7. The fourth-order valence-electron chi connectivity index (χ4n) is 7.09. The molecule has 2 saturated heterocycles. The van der Waals surface area contributed by atoms with E-state index in [0.29, 0.717) is 23.7 Å². The number of aromatic nitrogens is 8. The maximum atomic E-state index is 5.99. The number of benzene rings is 2. The molecule has 8 rings (SSSR count). The Morgan fingerprint density at radius 2 is 1.15 bits per heavy atom. The van der Waals surface area contributed by atoms with Gasteiger partial charge in [-0.2, -0.15) is 20.2 Å². The summed E-state index contributed by atoms with van der Waals surface area (Å²) in [6.07, 6.45) is 3.83. The van der Waals surface area contributed by atoms with E-state index >= 15 is 0 Å². The van der Waals surface area contributed by atoms with Crippen molar-refractivity contribution in [2.45, 2.75) is 59.4 Å². The van der Waals surface area contributed by atoms with E-state index in [1.165, 1.54) is 27.9 Å². The van der Waals surface area contributed by atoms with Crippen molar-refractivity contribution < 1.29 is 0 Å². The minimum absolute atomic E-state index is 0.170. The standard InChI is InChI=1S/C22H28BrN7.C11H11BrN2.C11H19N5/c1-13(2)19-10-21(28-22(24)27-19)30-8-7-25-20(12-30)16-9-15(5-6-18(16)23)17-11-26-29(4)14(17)3;1-8-11(7-13-14(8)2)9-3-5-10(12)6-4-9;1-8(2)9-7-10(15-11(12)14-9)16-5-3-13-4-6-16/h5-6,9-11,13,20,25H,7-8,12H2,1-4H3,(H2,24,27,28);3-7H,1-2H3;7-8,13H,3-6H2,1-2H3,(H2,12,14,15). The number of nitrogens with zero attached hydrogens (tertiary/aromatic N) is 10. The zero-order chi connectivity index (χ0) is 43.1. The molecule has 0 bridgehead atoms. The average Bonchev–Trinajstić information content (AvgIpc) is 3.76. The summed E-state index contributed by atoms with van der Waals surface area (Å²) in [6, 6.07) is 19.1. The fraction of sp³-hybridized carbons (Fsp3) is 0.409. The van der Waals surface area contributed by atoms with Crippen molar-refractivity contribution in [3.63, 3.8) is 0 Å². The van der Waals surface area contributed by atoms with Crippen LogP contribution in [0.25, 0.3) is 22.3 Å². The first-order chi connectivity index (χ1) is 28.7. The van der Waals surface area contributed by atoms with Crippen LogP contribution in [0.5, 0.6) is 0 Å². The van der Waals surface area contributed by atoms with E-state index in [4.69, 9.17) is 11.5 Å². The molecule has 60 heavy (non-hydrogen) atoms. The SMILES string of the molecule is CC(C)c1cc(N2CCNCC2)nc(N)n1.Cc1c(-c2ccc(Br)c(C3CN(c4cc(C(C)C)nc(N)n4)CCN3)c2)cnn1C.Cc1c(-c2ccc(Br)cc2)cnn1C. The second-order valence-electron chi connectivity index (χ2n) is 15.8. The number of halogens is 2. The molecule has 2 aliphatic rings. The summed E-state index contributed by atoms with van der Waals surface area (Å²) in [4.78, 5) is 22.0. The first kappa shape index (κ1) is 44.6. The van der Waals surface area contributed by atoms with E-state index in [-0.39, 0.29) is 6.04 Å². The van der Waals surface area contributed by atoms with Crippen LogP contribution in [0.15, 0.2) is 75.9 Å². The Balaban J connectivity index is 0.000000168. The van der Waals surface area contributed by atoms with Crippen LogP contribution in [0.3, 0.4) is 0 Å². The van der Waals surface area contributed by atoms with Crippen molar-refractivity contribution in [3.05, 3.63) is 104 Å². The Bertz CT molecular complexity index is 2350. The monoisotopic (exact) mass is 940 g/mol. The van der Waals surface area contributed by atoms with Crippen LogP contribution in [0.4, 0.5) is 23.5 Å². The lowest BCUT2D eigenvalue weighted by Gasteiger charge is -2.35. The molecule has 0 amide bonds. The van der Waals surface area contributed by atoms with Gasteiger partial charge in [0.2, 0.25) is 11.9 Å². The third kappa shape index (κ3) is 11.1. The van der Waals surface area contributed by atoms with Gasteiger partial charge in [-0.3, -0.25) is 9.36 Å². The zero-order valence-corrected chi connectivity index (χ0v) is 39.1. The quantitative estimate of drug-likeness (QED) is 0.124. The molecule has 6 aromatic rings. The number of aryl methyl sites for hydroxylation is 2. The van der Waals surface area contributed by atoms with Gasteiger partial charge in [0, 0.05) is 104 Å². The van der Waals surface area contributed by atoms with Gasteiger partial charge < -0.3 is 31.9 Å². The molecule has 0 spiro atoms. The number of nitrogens with two attached hydrogens (primary N) is 2. The van der Waals surface area contributed by atoms with Crippen molar-refractivity contribution in [1.29, 1.82) is 0 Å². The van der Waals surface area contributed by atoms with E-state index in [1.54, 1.807) is 0 Å².